The van der Waals surface area contributed by atoms with Gasteiger partial charge in [0.1, 0.15) is 5.52 Å². The third-order valence-electron chi connectivity index (χ3n) is 3.83. The third kappa shape index (κ3) is 2.69. The van der Waals surface area contributed by atoms with Crippen molar-refractivity contribution in [2.45, 2.75) is 13.8 Å². The van der Waals surface area contributed by atoms with Crippen LogP contribution >= 0.6 is 0 Å². The van der Waals surface area contributed by atoms with Crippen LogP contribution < -0.4 is 5.43 Å². The molecule has 0 aliphatic carbocycles. The number of hydrazone groups is 1. The zero-order valence-corrected chi connectivity index (χ0v) is 13.4. The van der Waals surface area contributed by atoms with Gasteiger partial charge in [-0.1, -0.05) is 41.5 Å². The molecule has 4 aromatic rings. The van der Waals surface area contributed by atoms with E-state index in [0.717, 1.165) is 22.0 Å². The molecule has 0 saturated heterocycles. The zero-order valence-electron chi connectivity index (χ0n) is 13.4. The van der Waals surface area contributed by atoms with Gasteiger partial charge in [-0.25, -0.2) is 5.43 Å². The minimum absolute atomic E-state index is 0.356. The number of aromatic nitrogens is 4. The molecule has 0 amide bonds. The van der Waals surface area contributed by atoms with Crippen molar-refractivity contribution in [1.29, 1.82) is 0 Å². The molecule has 24 heavy (non-hydrogen) atoms. The molecule has 0 fully saturated rings. The molecule has 0 aliphatic heterocycles. The summed E-state index contributed by atoms with van der Waals surface area (Å²) < 4.78 is 0. The summed E-state index contributed by atoms with van der Waals surface area (Å²) in [6.07, 6.45) is 1.72. The second-order valence-corrected chi connectivity index (χ2v) is 5.79. The Hall–Kier alpha value is -3.28. The number of hydrogen-bond donors (Lipinski definition) is 2. The molecule has 2 aromatic heterocycles. The summed E-state index contributed by atoms with van der Waals surface area (Å²) >= 11 is 0. The first-order valence-electron chi connectivity index (χ1n) is 7.67. The molecule has 0 unspecified atom stereocenters. The second kappa shape index (κ2) is 5.73. The van der Waals surface area contributed by atoms with Crippen molar-refractivity contribution in [3.8, 4) is 0 Å². The van der Waals surface area contributed by atoms with E-state index in [0.29, 0.717) is 11.6 Å². The molecule has 0 radical (unpaired) electrons. The first-order chi connectivity index (χ1) is 11.7. The van der Waals surface area contributed by atoms with Gasteiger partial charge in [0.15, 0.2) is 5.65 Å². The van der Waals surface area contributed by atoms with E-state index in [-0.39, 0.29) is 0 Å². The number of benzene rings is 2. The average molecular weight is 316 g/mol. The Morgan fingerprint density at radius 1 is 1.00 bits per heavy atom. The van der Waals surface area contributed by atoms with E-state index in [1.54, 1.807) is 6.21 Å². The Morgan fingerprint density at radius 2 is 1.79 bits per heavy atom. The van der Waals surface area contributed by atoms with Crippen LogP contribution in [0, 0.1) is 13.8 Å². The van der Waals surface area contributed by atoms with Gasteiger partial charge in [0.05, 0.1) is 6.21 Å². The van der Waals surface area contributed by atoms with E-state index in [1.165, 1.54) is 11.1 Å². The van der Waals surface area contributed by atoms with E-state index in [1.807, 2.05) is 30.3 Å². The number of nitrogens with zero attached hydrogens (tertiary/aromatic N) is 4. The van der Waals surface area contributed by atoms with Gasteiger partial charge >= 0.3 is 0 Å². The highest BCUT2D eigenvalue weighted by Crippen LogP contribution is 2.23. The van der Waals surface area contributed by atoms with Crippen LogP contribution in [0.4, 0.5) is 5.95 Å². The molecule has 4 rings (SSSR count). The molecular formula is C18H16N6. The van der Waals surface area contributed by atoms with E-state index in [4.69, 9.17) is 0 Å². The molecule has 2 aromatic carbocycles. The molecule has 6 nitrogen and oxygen atoms in total. The van der Waals surface area contributed by atoms with Gasteiger partial charge in [-0.2, -0.15) is 10.1 Å². The zero-order chi connectivity index (χ0) is 16.5. The maximum atomic E-state index is 4.43. The van der Waals surface area contributed by atoms with Crippen molar-refractivity contribution in [2.24, 2.45) is 5.10 Å². The van der Waals surface area contributed by atoms with Gasteiger partial charge in [0, 0.05) is 10.9 Å². The Kier molecular flexibility index (Phi) is 3.42. The highest BCUT2D eigenvalue weighted by Gasteiger charge is 2.08. The number of rotatable bonds is 3. The lowest BCUT2D eigenvalue weighted by Crippen LogP contribution is -1.99. The Bertz CT molecular complexity index is 1050. The maximum absolute atomic E-state index is 4.43. The molecular weight excluding hydrogens is 300 g/mol. The number of hydrogen-bond acceptors (Lipinski definition) is 5. The summed E-state index contributed by atoms with van der Waals surface area (Å²) in [5.74, 6) is 0.356. The fourth-order valence-corrected chi connectivity index (χ4v) is 2.55. The van der Waals surface area contributed by atoms with Crippen LogP contribution in [0.5, 0.6) is 0 Å². The Morgan fingerprint density at radius 3 is 2.62 bits per heavy atom. The van der Waals surface area contributed by atoms with Gasteiger partial charge in [-0.05, 0) is 31.5 Å². The third-order valence-corrected chi connectivity index (χ3v) is 3.83. The summed E-state index contributed by atoms with van der Waals surface area (Å²) in [4.78, 5) is 7.69. The van der Waals surface area contributed by atoms with Crippen molar-refractivity contribution in [2.75, 3.05) is 5.43 Å². The lowest BCUT2D eigenvalue weighted by atomic mass is 10.2. The van der Waals surface area contributed by atoms with Crippen molar-refractivity contribution in [1.82, 2.24) is 20.2 Å². The summed E-state index contributed by atoms with van der Waals surface area (Å²) in [6.45, 7) is 4.10. The van der Waals surface area contributed by atoms with E-state index >= 15 is 0 Å². The van der Waals surface area contributed by atoms with Gasteiger partial charge in [0.2, 0.25) is 0 Å². The summed E-state index contributed by atoms with van der Waals surface area (Å²) in [5.41, 5.74) is 8.67. The second-order valence-electron chi connectivity index (χ2n) is 5.79. The van der Waals surface area contributed by atoms with E-state index in [9.17, 15) is 0 Å². The molecule has 0 bridgehead atoms. The van der Waals surface area contributed by atoms with Gasteiger partial charge < -0.3 is 4.98 Å². The monoisotopic (exact) mass is 316 g/mol. The van der Waals surface area contributed by atoms with Crippen LogP contribution in [-0.4, -0.2) is 26.4 Å². The molecule has 2 N–H and O–H groups in total. The van der Waals surface area contributed by atoms with Crippen molar-refractivity contribution >= 4 is 34.2 Å². The molecule has 0 aliphatic rings. The van der Waals surface area contributed by atoms with Crippen LogP contribution in [0.25, 0.3) is 22.1 Å². The quantitative estimate of drug-likeness (QED) is 0.447. The number of aromatic amines is 1. The van der Waals surface area contributed by atoms with Crippen LogP contribution in [0.2, 0.25) is 0 Å². The smallest absolute Gasteiger partial charge is 0.265 e. The van der Waals surface area contributed by atoms with Gasteiger partial charge in [-0.3, -0.25) is 0 Å². The van der Waals surface area contributed by atoms with E-state index < -0.39 is 0 Å². The molecule has 118 valence electrons. The van der Waals surface area contributed by atoms with Crippen molar-refractivity contribution in [3.63, 3.8) is 0 Å². The normalized spacial score (nSPS) is 11.6. The molecule has 0 saturated carbocycles. The predicted octanol–water partition coefficient (Wildman–Crippen LogP) is 3.57. The number of nitrogens with one attached hydrogen (secondary N) is 2. The molecule has 6 heteroatoms. The lowest BCUT2D eigenvalue weighted by Gasteiger charge is -1.98. The first-order valence-corrected chi connectivity index (χ1v) is 7.67. The highest BCUT2D eigenvalue weighted by molar-refractivity contribution is 6.03. The van der Waals surface area contributed by atoms with Gasteiger partial charge in [-0.15, -0.1) is 10.2 Å². The number of aryl methyl sites for hydroxylation is 2. The average Bonchev–Trinajstić information content (AvgIpc) is 2.94. The van der Waals surface area contributed by atoms with Crippen LogP contribution in [0.15, 0.2) is 47.6 Å². The van der Waals surface area contributed by atoms with Crippen molar-refractivity contribution < 1.29 is 0 Å². The number of fused-ring (bicyclic) bond motifs is 3. The summed E-state index contributed by atoms with van der Waals surface area (Å²) in [7, 11) is 0. The highest BCUT2D eigenvalue weighted by atomic mass is 15.4. The van der Waals surface area contributed by atoms with E-state index in [2.05, 4.69) is 56.7 Å². The van der Waals surface area contributed by atoms with Crippen LogP contribution in [0.3, 0.4) is 0 Å². The standard InChI is InChI=1S/C18H16N6/c1-11-3-6-13(7-4-11)10-19-23-18-21-17-16(22-24-18)14-9-12(2)5-8-15(14)20-17/h3-10H,1-2H3,(H2,20,21,23,24)/b19-10-. The summed E-state index contributed by atoms with van der Waals surface area (Å²) in [6, 6.07) is 14.2. The fraction of sp³-hybridized carbons (Fsp3) is 0.111. The van der Waals surface area contributed by atoms with Crippen LogP contribution in [0.1, 0.15) is 16.7 Å². The molecule has 0 spiro atoms. The number of anilines is 1. The Balaban J connectivity index is 1.60. The first kappa shape index (κ1) is 14.3. The number of H-pyrrole nitrogens is 1. The fourth-order valence-electron chi connectivity index (χ4n) is 2.55. The topological polar surface area (TPSA) is 78.8 Å². The minimum Gasteiger partial charge on any atom is -0.338 e. The molecule has 0 atom stereocenters. The summed E-state index contributed by atoms with van der Waals surface area (Å²) in [5, 5.41) is 13.6. The van der Waals surface area contributed by atoms with Crippen molar-refractivity contribution in [3.05, 3.63) is 59.2 Å². The minimum atomic E-state index is 0.356. The molecule has 2 heterocycles. The predicted molar refractivity (Wildman–Crippen MR) is 96.3 cm³/mol. The SMILES string of the molecule is Cc1ccc(/C=N\Nc2nnc3c(n2)[nH]c2ccc(C)cc23)cc1. The van der Waals surface area contributed by atoms with Crippen LogP contribution in [-0.2, 0) is 0 Å². The largest absolute Gasteiger partial charge is 0.338 e. The Labute approximate surface area is 138 Å². The lowest BCUT2D eigenvalue weighted by molar-refractivity contribution is 1.01. The van der Waals surface area contributed by atoms with Gasteiger partial charge in [0.25, 0.3) is 5.95 Å². The maximum Gasteiger partial charge on any atom is 0.265 e.